The fraction of sp³-hybridized carbons (Fsp3) is 0.400. The van der Waals surface area contributed by atoms with E-state index in [2.05, 4.69) is 0 Å². The van der Waals surface area contributed by atoms with Gasteiger partial charge in [-0.25, -0.2) is 0 Å². The number of aliphatic hydroxyl groups is 1. The minimum atomic E-state index is -0.366. The van der Waals surface area contributed by atoms with Crippen molar-refractivity contribution in [3.05, 3.63) is 35.9 Å². The van der Waals surface area contributed by atoms with Crippen LogP contribution in [0.4, 0.5) is 0 Å². The normalized spacial score (nSPS) is 29.8. The van der Waals surface area contributed by atoms with E-state index >= 15 is 0 Å². The molecule has 2 heteroatoms. The van der Waals surface area contributed by atoms with E-state index in [0.29, 0.717) is 0 Å². The monoisotopic (exact) mass is 164 g/mol. The van der Waals surface area contributed by atoms with Crippen molar-refractivity contribution in [2.75, 3.05) is 0 Å². The molecule has 1 aliphatic heterocycles. The SMILES string of the molecule is C[C@@H](O)[C@@H]1O[C@@H]1c1ccccc1. The fourth-order valence-corrected chi connectivity index (χ4v) is 1.40. The van der Waals surface area contributed by atoms with E-state index in [1.165, 1.54) is 0 Å². The third-order valence-corrected chi connectivity index (χ3v) is 2.13. The summed E-state index contributed by atoms with van der Waals surface area (Å²) in [6.45, 7) is 1.76. The van der Waals surface area contributed by atoms with E-state index in [0.717, 1.165) is 5.56 Å². The first-order valence-electron chi connectivity index (χ1n) is 4.17. The lowest BCUT2D eigenvalue weighted by atomic mass is 10.1. The second-order valence-electron chi connectivity index (χ2n) is 3.17. The van der Waals surface area contributed by atoms with E-state index in [-0.39, 0.29) is 18.3 Å². The molecule has 0 amide bonds. The van der Waals surface area contributed by atoms with Crippen LogP contribution in [0.15, 0.2) is 30.3 Å². The van der Waals surface area contributed by atoms with Gasteiger partial charge >= 0.3 is 0 Å². The number of ether oxygens (including phenoxy) is 1. The molecule has 0 spiro atoms. The predicted octanol–water partition coefficient (Wildman–Crippen LogP) is 1.51. The Morgan fingerprint density at radius 1 is 1.33 bits per heavy atom. The highest BCUT2D eigenvalue weighted by atomic mass is 16.6. The highest BCUT2D eigenvalue weighted by Crippen LogP contribution is 2.40. The van der Waals surface area contributed by atoms with Crippen molar-refractivity contribution in [3.8, 4) is 0 Å². The van der Waals surface area contributed by atoms with Gasteiger partial charge in [-0.05, 0) is 12.5 Å². The summed E-state index contributed by atoms with van der Waals surface area (Å²) in [5.74, 6) is 0. The molecule has 1 aromatic rings. The second-order valence-corrected chi connectivity index (χ2v) is 3.17. The molecule has 1 N–H and O–H groups in total. The highest BCUT2D eigenvalue weighted by molar-refractivity contribution is 5.22. The molecular formula is C10H12O2. The summed E-state index contributed by atoms with van der Waals surface area (Å²) < 4.78 is 5.31. The number of rotatable bonds is 2. The maximum atomic E-state index is 9.20. The quantitative estimate of drug-likeness (QED) is 0.672. The summed E-state index contributed by atoms with van der Waals surface area (Å²) >= 11 is 0. The number of aliphatic hydroxyl groups excluding tert-OH is 1. The summed E-state index contributed by atoms with van der Waals surface area (Å²) in [7, 11) is 0. The van der Waals surface area contributed by atoms with E-state index in [9.17, 15) is 5.11 Å². The average molecular weight is 164 g/mol. The highest BCUT2D eigenvalue weighted by Gasteiger charge is 2.43. The number of hydrogen-bond donors (Lipinski definition) is 1. The minimum Gasteiger partial charge on any atom is -0.391 e. The maximum Gasteiger partial charge on any atom is 0.114 e. The van der Waals surface area contributed by atoms with Crippen molar-refractivity contribution < 1.29 is 9.84 Å². The van der Waals surface area contributed by atoms with E-state index < -0.39 is 0 Å². The zero-order valence-electron chi connectivity index (χ0n) is 6.97. The summed E-state index contributed by atoms with van der Waals surface area (Å²) in [5, 5.41) is 9.20. The standard InChI is InChI=1S/C10H12O2/c1-7(11)9-10(12-9)8-5-3-2-4-6-8/h2-7,9-11H,1H3/t7-,9+,10-/m1/s1. The lowest BCUT2D eigenvalue weighted by molar-refractivity contribution is 0.152. The van der Waals surface area contributed by atoms with Gasteiger partial charge in [0, 0.05) is 0 Å². The first kappa shape index (κ1) is 7.77. The van der Waals surface area contributed by atoms with Crippen molar-refractivity contribution in [2.45, 2.75) is 25.2 Å². The Labute approximate surface area is 71.8 Å². The van der Waals surface area contributed by atoms with Crippen LogP contribution in [-0.2, 0) is 4.74 Å². The zero-order valence-corrected chi connectivity index (χ0v) is 6.97. The number of epoxide rings is 1. The molecule has 0 unspecified atom stereocenters. The van der Waals surface area contributed by atoms with Crippen LogP contribution in [0.3, 0.4) is 0 Å². The predicted molar refractivity (Wildman–Crippen MR) is 45.7 cm³/mol. The van der Waals surface area contributed by atoms with Crippen molar-refractivity contribution in [1.29, 1.82) is 0 Å². The van der Waals surface area contributed by atoms with Gasteiger partial charge in [-0.15, -0.1) is 0 Å². The molecule has 2 nitrogen and oxygen atoms in total. The van der Waals surface area contributed by atoms with Gasteiger partial charge in [0.1, 0.15) is 12.2 Å². The zero-order chi connectivity index (χ0) is 8.55. The van der Waals surface area contributed by atoms with Crippen LogP contribution in [0.5, 0.6) is 0 Å². The Hall–Kier alpha value is -0.860. The van der Waals surface area contributed by atoms with Gasteiger partial charge in [-0.2, -0.15) is 0 Å². The topological polar surface area (TPSA) is 32.8 Å². The van der Waals surface area contributed by atoms with E-state index in [1.807, 2.05) is 30.3 Å². The molecule has 1 saturated heterocycles. The van der Waals surface area contributed by atoms with Gasteiger partial charge in [0.2, 0.25) is 0 Å². The largest absolute Gasteiger partial charge is 0.391 e. The van der Waals surface area contributed by atoms with Crippen LogP contribution in [0.1, 0.15) is 18.6 Å². The fourth-order valence-electron chi connectivity index (χ4n) is 1.40. The van der Waals surface area contributed by atoms with Crippen LogP contribution < -0.4 is 0 Å². The van der Waals surface area contributed by atoms with Crippen LogP contribution >= 0.6 is 0 Å². The molecule has 0 saturated carbocycles. The van der Waals surface area contributed by atoms with E-state index in [1.54, 1.807) is 6.92 Å². The summed E-state index contributed by atoms with van der Waals surface area (Å²) in [6, 6.07) is 9.98. The van der Waals surface area contributed by atoms with Gasteiger partial charge in [-0.3, -0.25) is 0 Å². The van der Waals surface area contributed by atoms with Gasteiger partial charge in [0.25, 0.3) is 0 Å². The van der Waals surface area contributed by atoms with Crippen molar-refractivity contribution >= 4 is 0 Å². The Kier molecular flexibility index (Phi) is 1.87. The molecule has 3 atom stereocenters. The Morgan fingerprint density at radius 3 is 2.50 bits per heavy atom. The van der Waals surface area contributed by atoms with Crippen molar-refractivity contribution in [3.63, 3.8) is 0 Å². The molecule has 1 aromatic carbocycles. The molecule has 1 fully saturated rings. The smallest absolute Gasteiger partial charge is 0.114 e. The molecule has 1 heterocycles. The molecule has 0 aliphatic carbocycles. The average Bonchev–Trinajstić information content (AvgIpc) is 2.84. The van der Waals surface area contributed by atoms with Gasteiger partial charge < -0.3 is 9.84 Å². The number of benzene rings is 1. The maximum absolute atomic E-state index is 9.20. The van der Waals surface area contributed by atoms with Crippen LogP contribution in [0.25, 0.3) is 0 Å². The third kappa shape index (κ3) is 1.36. The Morgan fingerprint density at radius 2 is 2.00 bits per heavy atom. The van der Waals surface area contributed by atoms with Gasteiger partial charge in [0.15, 0.2) is 0 Å². The van der Waals surface area contributed by atoms with Gasteiger partial charge in [0.05, 0.1) is 6.10 Å². The Bertz CT molecular complexity index is 256. The molecule has 0 radical (unpaired) electrons. The molecule has 2 rings (SSSR count). The first-order valence-corrected chi connectivity index (χ1v) is 4.17. The number of hydrogen-bond acceptors (Lipinski definition) is 2. The summed E-state index contributed by atoms with van der Waals surface area (Å²) in [6.07, 6.45) is -0.242. The summed E-state index contributed by atoms with van der Waals surface area (Å²) in [4.78, 5) is 0. The molecule has 64 valence electrons. The molecule has 1 aliphatic rings. The molecule has 0 bridgehead atoms. The lowest BCUT2D eigenvalue weighted by Gasteiger charge is -1.97. The lowest BCUT2D eigenvalue weighted by Crippen LogP contribution is -2.09. The van der Waals surface area contributed by atoms with E-state index in [4.69, 9.17) is 4.74 Å². The minimum absolute atomic E-state index is 0.00685. The first-order chi connectivity index (χ1) is 5.79. The Balaban J connectivity index is 2.06. The van der Waals surface area contributed by atoms with Crippen molar-refractivity contribution in [1.82, 2.24) is 0 Å². The third-order valence-electron chi connectivity index (χ3n) is 2.13. The van der Waals surface area contributed by atoms with Crippen molar-refractivity contribution in [2.24, 2.45) is 0 Å². The van der Waals surface area contributed by atoms with Crippen LogP contribution in [0.2, 0.25) is 0 Å². The molecule has 12 heavy (non-hydrogen) atoms. The van der Waals surface area contributed by atoms with Crippen LogP contribution in [0, 0.1) is 0 Å². The second kappa shape index (κ2) is 2.88. The molecule has 0 aromatic heterocycles. The molecular weight excluding hydrogens is 152 g/mol. The summed E-state index contributed by atoms with van der Waals surface area (Å²) in [5.41, 5.74) is 1.16. The van der Waals surface area contributed by atoms with Crippen LogP contribution in [-0.4, -0.2) is 17.3 Å². The van der Waals surface area contributed by atoms with Gasteiger partial charge in [-0.1, -0.05) is 30.3 Å².